The molecular weight excluding hydrogens is 461 g/mol. The van der Waals surface area contributed by atoms with Crippen LogP contribution in [-0.2, 0) is 29.9 Å². The van der Waals surface area contributed by atoms with Crippen molar-refractivity contribution in [1.29, 1.82) is 0 Å². The van der Waals surface area contributed by atoms with Gasteiger partial charge in [-0.05, 0) is 63.2 Å². The summed E-state index contributed by atoms with van der Waals surface area (Å²) in [4.78, 5) is 0. The van der Waals surface area contributed by atoms with Gasteiger partial charge in [0, 0.05) is 18.5 Å². The highest BCUT2D eigenvalue weighted by Gasteiger charge is 2.59. The lowest BCUT2D eigenvalue weighted by molar-refractivity contribution is -0.226. The van der Waals surface area contributed by atoms with Crippen LogP contribution in [0.25, 0.3) is 0 Å². The van der Waals surface area contributed by atoms with E-state index in [1.54, 1.807) is 0 Å². The van der Waals surface area contributed by atoms with Gasteiger partial charge in [0.1, 0.15) is 18.3 Å². The van der Waals surface area contributed by atoms with Gasteiger partial charge in [-0.3, -0.25) is 0 Å². The zero-order valence-electron chi connectivity index (χ0n) is 18.3. The Hall–Kier alpha value is -1.50. The van der Waals surface area contributed by atoms with Crippen molar-refractivity contribution < 1.29 is 36.9 Å². The maximum atomic E-state index is 12.8. The number of anilines is 1. The third-order valence-electron chi connectivity index (χ3n) is 6.46. The molecule has 7 nitrogen and oxygen atoms in total. The van der Waals surface area contributed by atoms with Crippen LogP contribution >= 0.6 is 12.2 Å². The summed E-state index contributed by atoms with van der Waals surface area (Å²) >= 11 is 5.46. The summed E-state index contributed by atoms with van der Waals surface area (Å²) in [6.45, 7) is 4.01. The molecule has 4 aliphatic rings. The van der Waals surface area contributed by atoms with Crippen LogP contribution in [0.15, 0.2) is 24.3 Å². The van der Waals surface area contributed by atoms with E-state index in [1.165, 1.54) is 12.1 Å². The molecule has 182 valence electrons. The number of alkyl halides is 3. The van der Waals surface area contributed by atoms with Crippen LogP contribution in [0.2, 0.25) is 0 Å². The average molecular weight is 489 g/mol. The summed E-state index contributed by atoms with van der Waals surface area (Å²) in [5.74, 6) is -1.36. The normalized spacial score (nSPS) is 34.5. The van der Waals surface area contributed by atoms with Crippen LogP contribution < -0.4 is 10.6 Å². The zero-order chi connectivity index (χ0) is 23.4. The molecule has 3 heterocycles. The molecule has 33 heavy (non-hydrogen) atoms. The first kappa shape index (κ1) is 23.3. The molecule has 0 radical (unpaired) electrons. The number of hydrogen-bond acceptors (Lipinski definition) is 6. The largest absolute Gasteiger partial charge is 0.416 e. The van der Waals surface area contributed by atoms with Crippen LogP contribution in [0.5, 0.6) is 0 Å². The van der Waals surface area contributed by atoms with Crippen molar-refractivity contribution in [2.45, 2.75) is 87.9 Å². The van der Waals surface area contributed by atoms with Gasteiger partial charge >= 0.3 is 6.18 Å². The minimum Gasteiger partial charge on any atom is -0.354 e. The van der Waals surface area contributed by atoms with Gasteiger partial charge in [0.15, 0.2) is 23.0 Å². The Balaban J connectivity index is 1.28. The number of ether oxygens (including phenoxy) is 5. The third-order valence-corrected chi connectivity index (χ3v) is 6.68. The fourth-order valence-electron chi connectivity index (χ4n) is 4.99. The summed E-state index contributed by atoms with van der Waals surface area (Å²) in [5, 5.41) is 6.39. The number of fused-ring (bicyclic) bond motifs is 1. The monoisotopic (exact) mass is 488 g/mol. The van der Waals surface area contributed by atoms with E-state index in [9.17, 15) is 13.2 Å². The minimum absolute atomic E-state index is 0.233. The van der Waals surface area contributed by atoms with E-state index in [0.717, 1.165) is 37.8 Å². The Morgan fingerprint density at radius 2 is 1.73 bits per heavy atom. The molecule has 1 spiro atoms. The molecule has 4 fully saturated rings. The molecular formula is C22H27F3N2O5S. The van der Waals surface area contributed by atoms with Gasteiger partial charge in [0.05, 0.1) is 18.2 Å². The fraction of sp³-hybridized carbons (Fsp3) is 0.682. The minimum atomic E-state index is -4.40. The van der Waals surface area contributed by atoms with Gasteiger partial charge < -0.3 is 34.3 Å². The van der Waals surface area contributed by atoms with Gasteiger partial charge in [-0.15, -0.1) is 0 Å². The second kappa shape index (κ2) is 8.31. The Morgan fingerprint density at radius 3 is 2.39 bits per heavy atom. The Bertz CT molecular complexity index is 891. The van der Waals surface area contributed by atoms with Gasteiger partial charge in [-0.25, -0.2) is 0 Å². The van der Waals surface area contributed by atoms with E-state index in [1.807, 2.05) is 13.8 Å². The van der Waals surface area contributed by atoms with E-state index in [-0.39, 0.29) is 11.2 Å². The number of rotatable bonds is 3. The highest BCUT2D eigenvalue weighted by molar-refractivity contribution is 7.80. The van der Waals surface area contributed by atoms with Crippen molar-refractivity contribution in [2.24, 2.45) is 0 Å². The van der Waals surface area contributed by atoms with Gasteiger partial charge in [-0.2, -0.15) is 13.2 Å². The Labute approximate surface area is 195 Å². The van der Waals surface area contributed by atoms with Crippen LogP contribution in [0, 0.1) is 0 Å². The first-order valence-electron chi connectivity index (χ1n) is 11.1. The molecule has 3 saturated heterocycles. The summed E-state index contributed by atoms with van der Waals surface area (Å²) in [6.07, 6.45) is -2.36. The Kier molecular flexibility index (Phi) is 5.86. The van der Waals surface area contributed by atoms with Crippen molar-refractivity contribution in [3.8, 4) is 0 Å². The molecule has 11 heteroatoms. The van der Waals surface area contributed by atoms with Crippen LogP contribution in [-0.4, -0.2) is 53.9 Å². The predicted molar refractivity (Wildman–Crippen MR) is 115 cm³/mol. The lowest BCUT2D eigenvalue weighted by Crippen LogP contribution is -2.53. The van der Waals surface area contributed by atoms with Gasteiger partial charge in [0.25, 0.3) is 0 Å². The van der Waals surface area contributed by atoms with Gasteiger partial charge in [-0.1, -0.05) is 0 Å². The second-order valence-corrected chi connectivity index (χ2v) is 9.76. The third kappa shape index (κ3) is 4.71. The SMILES string of the molecule is CC1(C)O[C@H]2O[C@H]([C@H]3COC4(CCCC4)O3)[C@@H](NC(=S)Nc3ccc(C(F)(F)F)cc3)[C@H]2O1. The van der Waals surface area contributed by atoms with E-state index >= 15 is 0 Å². The number of benzene rings is 1. The van der Waals surface area contributed by atoms with Crippen molar-refractivity contribution in [1.82, 2.24) is 5.32 Å². The van der Waals surface area contributed by atoms with Crippen LogP contribution in [0.3, 0.4) is 0 Å². The number of thiocarbonyl (C=S) groups is 1. The molecule has 1 aliphatic carbocycles. The molecule has 1 aromatic carbocycles. The van der Waals surface area contributed by atoms with E-state index in [4.69, 9.17) is 35.9 Å². The maximum absolute atomic E-state index is 12.8. The fourth-order valence-corrected chi connectivity index (χ4v) is 5.25. The number of halogens is 3. The van der Waals surface area contributed by atoms with Gasteiger partial charge in [0.2, 0.25) is 0 Å². The van der Waals surface area contributed by atoms with Crippen molar-refractivity contribution >= 4 is 23.0 Å². The summed E-state index contributed by atoms with van der Waals surface area (Å²) < 4.78 is 69.0. The maximum Gasteiger partial charge on any atom is 0.416 e. The van der Waals surface area contributed by atoms with E-state index in [2.05, 4.69) is 10.6 Å². The quantitative estimate of drug-likeness (QED) is 0.621. The summed E-state index contributed by atoms with van der Waals surface area (Å²) in [7, 11) is 0. The molecule has 5 atom stereocenters. The predicted octanol–water partition coefficient (Wildman–Crippen LogP) is 3.92. The first-order valence-corrected chi connectivity index (χ1v) is 11.5. The van der Waals surface area contributed by atoms with E-state index < -0.39 is 47.9 Å². The second-order valence-electron chi connectivity index (χ2n) is 9.35. The molecule has 0 unspecified atom stereocenters. The zero-order valence-corrected chi connectivity index (χ0v) is 19.1. The number of hydrogen-bond donors (Lipinski definition) is 2. The summed E-state index contributed by atoms with van der Waals surface area (Å²) in [6, 6.07) is 4.26. The van der Waals surface area contributed by atoms with Crippen molar-refractivity contribution in [3.63, 3.8) is 0 Å². The van der Waals surface area contributed by atoms with E-state index in [0.29, 0.717) is 12.3 Å². The average Bonchev–Trinajstić information content (AvgIpc) is 3.48. The lowest BCUT2D eigenvalue weighted by atomic mass is 10.0. The highest BCUT2D eigenvalue weighted by atomic mass is 32.1. The molecule has 1 saturated carbocycles. The lowest BCUT2D eigenvalue weighted by Gasteiger charge is -2.30. The van der Waals surface area contributed by atoms with Crippen molar-refractivity contribution in [3.05, 3.63) is 29.8 Å². The first-order chi connectivity index (χ1) is 15.5. The molecule has 1 aromatic rings. The smallest absolute Gasteiger partial charge is 0.354 e. The standard InChI is InChI=1S/C22H27F3N2O5S/c1-20(2)31-17-15(27-19(33)26-13-7-5-12(6-8-13)22(23,24)25)16(29-18(17)32-20)14-11-28-21(30-14)9-3-4-10-21/h5-8,14-18H,3-4,9-11H2,1-2H3,(H2,26,27,33)/t14-,15-,16-,17-,18-/m1/s1. The Morgan fingerprint density at radius 1 is 1.03 bits per heavy atom. The summed E-state index contributed by atoms with van der Waals surface area (Å²) in [5.41, 5.74) is -0.293. The highest BCUT2D eigenvalue weighted by Crippen LogP contribution is 2.44. The molecule has 3 aliphatic heterocycles. The van der Waals surface area contributed by atoms with Crippen LogP contribution in [0.4, 0.5) is 18.9 Å². The molecule has 2 N–H and O–H groups in total. The molecule has 0 aromatic heterocycles. The van der Waals surface area contributed by atoms with Crippen LogP contribution in [0.1, 0.15) is 45.1 Å². The van der Waals surface area contributed by atoms with Crippen molar-refractivity contribution in [2.75, 3.05) is 11.9 Å². The molecule has 5 rings (SSSR count). The molecule has 0 bridgehead atoms. The number of nitrogens with one attached hydrogen (secondary N) is 2. The topological polar surface area (TPSA) is 70.2 Å². The molecule has 0 amide bonds.